The Morgan fingerprint density at radius 3 is 2.29 bits per heavy atom. The number of benzene rings is 2. The first-order chi connectivity index (χ1) is 14.9. The lowest BCUT2D eigenvalue weighted by Gasteiger charge is -2.42. The van der Waals surface area contributed by atoms with E-state index in [1.54, 1.807) is 0 Å². The van der Waals surface area contributed by atoms with Gasteiger partial charge in [-0.3, -0.25) is 0 Å². The van der Waals surface area contributed by atoms with Gasteiger partial charge in [-0.15, -0.1) is 0 Å². The molecule has 0 saturated heterocycles. The number of para-hydroxylation sites is 2. The molecule has 0 radical (unpaired) electrons. The highest BCUT2D eigenvalue weighted by Gasteiger charge is 2.45. The van der Waals surface area contributed by atoms with E-state index in [2.05, 4.69) is 116 Å². The Kier molecular flexibility index (Phi) is 4.58. The lowest BCUT2D eigenvalue weighted by Crippen LogP contribution is -2.57. The fourth-order valence-corrected chi connectivity index (χ4v) is 4.99. The van der Waals surface area contributed by atoms with Crippen molar-refractivity contribution in [2.45, 2.75) is 33.9 Å². The van der Waals surface area contributed by atoms with Gasteiger partial charge in [0.15, 0.2) is 0 Å². The standard InChI is InChI=1S/C26H29BN4/c1-19-30(20-12-7-6-8-13-20)24-16-11-17-28-25(24)31(19)27-18-22(26(2,3)4)21-14-9-10-15-23(21)29(27)5/h6-19H,1-5H3/t19-/m0/s1. The van der Waals surface area contributed by atoms with Crippen LogP contribution in [0.2, 0.25) is 0 Å². The average Bonchev–Trinajstić information content (AvgIpc) is 3.06. The maximum absolute atomic E-state index is 4.85. The molecule has 1 atom stereocenters. The van der Waals surface area contributed by atoms with Crippen LogP contribution in [0.4, 0.5) is 22.9 Å². The number of hydrogen-bond acceptors (Lipinski definition) is 4. The van der Waals surface area contributed by atoms with Crippen LogP contribution in [-0.4, -0.2) is 25.2 Å². The molecule has 0 bridgehead atoms. The molecule has 156 valence electrons. The molecule has 2 aliphatic heterocycles. The zero-order valence-corrected chi connectivity index (χ0v) is 18.9. The first kappa shape index (κ1) is 19.7. The van der Waals surface area contributed by atoms with E-state index in [0.29, 0.717) is 0 Å². The molecule has 0 saturated carbocycles. The molecule has 0 N–H and O–H groups in total. The number of aromatic nitrogens is 1. The van der Waals surface area contributed by atoms with Gasteiger partial charge in [-0.05, 0) is 60.9 Å². The minimum absolute atomic E-state index is 0.0463. The van der Waals surface area contributed by atoms with Gasteiger partial charge < -0.3 is 14.5 Å². The van der Waals surface area contributed by atoms with Gasteiger partial charge in [0.05, 0.1) is 11.9 Å². The van der Waals surface area contributed by atoms with Gasteiger partial charge in [0.1, 0.15) is 5.82 Å². The Morgan fingerprint density at radius 2 is 1.55 bits per heavy atom. The third-order valence-electron chi connectivity index (χ3n) is 6.46. The summed E-state index contributed by atoms with van der Waals surface area (Å²) in [6, 6.07) is 23.6. The van der Waals surface area contributed by atoms with E-state index in [1.807, 2.05) is 12.3 Å². The lowest BCUT2D eigenvalue weighted by atomic mass is 9.62. The molecule has 4 nitrogen and oxygen atoms in total. The summed E-state index contributed by atoms with van der Waals surface area (Å²) in [7, 11) is 2.19. The van der Waals surface area contributed by atoms with E-state index >= 15 is 0 Å². The van der Waals surface area contributed by atoms with Gasteiger partial charge in [0.2, 0.25) is 0 Å². The van der Waals surface area contributed by atoms with Crippen molar-refractivity contribution >= 4 is 35.4 Å². The highest BCUT2D eigenvalue weighted by molar-refractivity contribution is 6.74. The van der Waals surface area contributed by atoms with Crippen LogP contribution in [0.15, 0.2) is 78.9 Å². The summed E-state index contributed by atoms with van der Waals surface area (Å²) < 4.78 is 0. The summed E-state index contributed by atoms with van der Waals surface area (Å²) in [6.07, 6.45) is 2.03. The number of pyridine rings is 1. The van der Waals surface area contributed by atoms with Gasteiger partial charge in [0.25, 0.3) is 0 Å². The van der Waals surface area contributed by atoms with Crippen molar-refractivity contribution in [2.24, 2.45) is 5.41 Å². The molecule has 5 rings (SSSR count). The molecule has 0 spiro atoms. The smallest absolute Gasteiger partial charge is 0.395 e. The molecule has 0 aliphatic carbocycles. The summed E-state index contributed by atoms with van der Waals surface area (Å²) in [5.74, 6) is 3.46. The Labute approximate surface area is 185 Å². The van der Waals surface area contributed by atoms with Crippen molar-refractivity contribution in [3.05, 3.63) is 84.5 Å². The summed E-state index contributed by atoms with van der Waals surface area (Å²) in [5, 5.41) is 0. The predicted molar refractivity (Wildman–Crippen MR) is 133 cm³/mol. The van der Waals surface area contributed by atoms with Gasteiger partial charge in [-0.1, -0.05) is 63.1 Å². The maximum Gasteiger partial charge on any atom is 0.406 e. The van der Waals surface area contributed by atoms with E-state index in [4.69, 9.17) is 4.98 Å². The summed E-state index contributed by atoms with van der Waals surface area (Å²) in [6.45, 7) is 9.24. The minimum atomic E-state index is 0.0463. The fourth-order valence-electron chi connectivity index (χ4n) is 4.99. The third kappa shape index (κ3) is 3.11. The SMILES string of the molecule is C[C@@H]1N(B2C=C(C(C)(C)C)c3ccccc3N2C)c2ncccc2N1c1ccccc1. The van der Waals surface area contributed by atoms with Gasteiger partial charge in [0, 0.05) is 17.6 Å². The lowest BCUT2D eigenvalue weighted by molar-refractivity contribution is 0.566. The Hall–Kier alpha value is -3.21. The zero-order chi connectivity index (χ0) is 21.8. The molecule has 3 aromatic rings. The molecule has 2 aromatic carbocycles. The van der Waals surface area contributed by atoms with Crippen molar-refractivity contribution in [1.82, 2.24) is 4.98 Å². The Balaban J connectivity index is 1.66. The van der Waals surface area contributed by atoms with Crippen molar-refractivity contribution in [3.8, 4) is 0 Å². The number of rotatable bonds is 2. The normalized spacial score (nSPS) is 18.1. The molecular formula is C26H29BN4. The van der Waals surface area contributed by atoms with Crippen LogP contribution in [0.25, 0.3) is 5.57 Å². The molecular weight excluding hydrogens is 379 g/mol. The fraction of sp³-hybridized carbons (Fsp3) is 0.269. The van der Waals surface area contributed by atoms with Crippen molar-refractivity contribution in [3.63, 3.8) is 0 Å². The van der Waals surface area contributed by atoms with Gasteiger partial charge in [-0.2, -0.15) is 0 Å². The van der Waals surface area contributed by atoms with E-state index in [-0.39, 0.29) is 18.6 Å². The van der Waals surface area contributed by atoms with E-state index < -0.39 is 0 Å². The van der Waals surface area contributed by atoms with Crippen LogP contribution in [-0.2, 0) is 0 Å². The number of nitrogens with zero attached hydrogens (tertiary/aromatic N) is 4. The number of anilines is 4. The third-order valence-corrected chi connectivity index (χ3v) is 6.46. The molecule has 2 aliphatic rings. The summed E-state index contributed by atoms with van der Waals surface area (Å²) >= 11 is 0. The van der Waals surface area contributed by atoms with E-state index in [0.717, 1.165) is 11.5 Å². The molecule has 0 unspecified atom stereocenters. The van der Waals surface area contributed by atoms with E-state index in [1.165, 1.54) is 22.5 Å². The van der Waals surface area contributed by atoms with Crippen LogP contribution < -0.4 is 14.5 Å². The van der Waals surface area contributed by atoms with Crippen LogP contribution in [0.5, 0.6) is 0 Å². The Morgan fingerprint density at radius 1 is 0.871 bits per heavy atom. The predicted octanol–water partition coefficient (Wildman–Crippen LogP) is 5.99. The van der Waals surface area contributed by atoms with E-state index in [9.17, 15) is 0 Å². The topological polar surface area (TPSA) is 22.6 Å². The molecule has 3 heterocycles. The van der Waals surface area contributed by atoms with Crippen LogP contribution in [0, 0.1) is 5.41 Å². The van der Waals surface area contributed by atoms with Crippen LogP contribution >= 0.6 is 0 Å². The zero-order valence-electron chi connectivity index (χ0n) is 18.9. The molecule has 5 heteroatoms. The second-order valence-electron chi connectivity index (χ2n) is 9.46. The second-order valence-corrected chi connectivity index (χ2v) is 9.46. The van der Waals surface area contributed by atoms with Gasteiger partial charge >= 0.3 is 6.98 Å². The quantitative estimate of drug-likeness (QED) is 0.486. The molecule has 0 amide bonds. The minimum Gasteiger partial charge on any atom is -0.395 e. The largest absolute Gasteiger partial charge is 0.406 e. The summed E-state index contributed by atoms with van der Waals surface area (Å²) in [4.78, 5) is 12.1. The number of hydrogen-bond donors (Lipinski definition) is 0. The number of allylic oxidation sites excluding steroid dienone is 1. The first-order valence-electron chi connectivity index (χ1n) is 11.0. The van der Waals surface area contributed by atoms with Crippen LogP contribution in [0.3, 0.4) is 0 Å². The summed E-state index contributed by atoms with van der Waals surface area (Å²) in [5.41, 5.74) is 6.35. The van der Waals surface area contributed by atoms with Crippen molar-refractivity contribution < 1.29 is 0 Å². The van der Waals surface area contributed by atoms with Crippen LogP contribution in [0.1, 0.15) is 33.3 Å². The molecule has 1 aromatic heterocycles. The first-order valence-corrected chi connectivity index (χ1v) is 11.0. The monoisotopic (exact) mass is 408 g/mol. The molecule has 0 fully saturated rings. The molecule has 31 heavy (non-hydrogen) atoms. The average molecular weight is 408 g/mol. The number of fused-ring (bicyclic) bond motifs is 2. The van der Waals surface area contributed by atoms with Gasteiger partial charge in [-0.25, -0.2) is 4.98 Å². The highest BCUT2D eigenvalue weighted by Crippen LogP contribution is 2.47. The second kappa shape index (κ2) is 7.19. The van der Waals surface area contributed by atoms with Crippen molar-refractivity contribution in [2.75, 3.05) is 21.6 Å². The highest BCUT2D eigenvalue weighted by atomic mass is 15.4. The Bertz CT molecular complexity index is 1140. The van der Waals surface area contributed by atoms with Crippen molar-refractivity contribution in [1.29, 1.82) is 0 Å². The maximum atomic E-state index is 4.85.